The van der Waals surface area contributed by atoms with Crippen LogP contribution >= 0.6 is 0 Å². The molecule has 0 aliphatic heterocycles. The van der Waals surface area contributed by atoms with Gasteiger partial charge in [-0.25, -0.2) is 4.98 Å². The number of benzene rings is 1. The molecule has 0 atom stereocenters. The first kappa shape index (κ1) is 16.8. The number of anilines is 1. The van der Waals surface area contributed by atoms with Gasteiger partial charge in [-0.2, -0.15) is 5.10 Å². The summed E-state index contributed by atoms with van der Waals surface area (Å²) >= 11 is 0. The van der Waals surface area contributed by atoms with Gasteiger partial charge in [0.1, 0.15) is 12.3 Å². The minimum Gasteiger partial charge on any atom is -0.438 e. The number of aromatic nitrogens is 4. The second-order valence-electron chi connectivity index (χ2n) is 6.32. The zero-order valence-electron chi connectivity index (χ0n) is 15.1. The summed E-state index contributed by atoms with van der Waals surface area (Å²) in [5.74, 6) is 1.02. The molecule has 0 unspecified atom stereocenters. The van der Waals surface area contributed by atoms with Crippen molar-refractivity contribution in [1.82, 2.24) is 19.7 Å². The normalized spacial score (nSPS) is 10.9. The van der Waals surface area contributed by atoms with Crippen LogP contribution in [-0.2, 0) is 11.3 Å². The Morgan fingerprint density at radius 2 is 2.11 bits per heavy atom. The minimum atomic E-state index is -0.159. The highest BCUT2D eigenvalue weighted by molar-refractivity contribution is 5.90. The van der Waals surface area contributed by atoms with Crippen LogP contribution in [0.2, 0.25) is 0 Å². The molecule has 3 aromatic heterocycles. The van der Waals surface area contributed by atoms with Crippen molar-refractivity contribution >= 4 is 22.5 Å². The minimum absolute atomic E-state index is 0.159. The topological polar surface area (TPSA) is 84.8 Å². The molecule has 0 aliphatic rings. The molecule has 0 radical (unpaired) electrons. The van der Waals surface area contributed by atoms with Gasteiger partial charge in [0.2, 0.25) is 11.8 Å². The van der Waals surface area contributed by atoms with Gasteiger partial charge in [-0.3, -0.25) is 9.48 Å². The Balaban J connectivity index is 1.42. The number of pyridine rings is 1. The van der Waals surface area contributed by atoms with E-state index in [1.165, 1.54) is 0 Å². The summed E-state index contributed by atoms with van der Waals surface area (Å²) in [6.07, 6.45) is 3.44. The van der Waals surface area contributed by atoms with Gasteiger partial charge in [-0.05, 0) is 44.2 Å². The number of hydrogen-bond donors (Lipinski definition) is 2. The van der Waals surface area contributed by atoms with E-state index in [1.807, 2.05) is 50.4 Å². The van der Waals surface area contributed by atoms with E-state index < -0.39 is 0 Å². The highest BCUT2D eigenvalue weighted by Crippen LogP contribution is 2.28. The van der Waals surface area contributed by atoms with Crippen molar-refractivity contribution in [2.75, 3.05) is 5.32 Å². The van der Waals surface area contributed by atoms with Crippen molar-refractivity contribution in [3.63, 3.8) is 0 Å². The number of aromatic amines is 1. The molecule has 7 heteroatoms. The van der Waals surface area contributed by atoms with Gasteiger partial charge in [0.05, 0.1) is 17.6 Å². The Labute approximate surface area is 156 Å². The number of nitrogens with one attached hydrogen (secondary N) is 2. The Kier molecular flexibility index (Phi) is 4.33. The van der Waals surface area contributed by atoms with E-state index in [0.717, 1.165) is 28.0 Å². The molecule has 0 aliphatic carbocycles. The Bertz CT molecular complexity index is 1100. The van der Waals surface area contributed by atoms with Crippen LogP contribution in [0.1, 0.15) is 11.4 Å². The molecule has 1 aromatic carbocycles. The first-order valence-electron chi connectivity index (χ1n) is 8.59. The third-order valence-electron chi connectivity index (χ3n) is 4.19. The Morgan fingerprint density at radius 3 is 2.85 bits per heavy atom. The summed E-state index contributed by atoms with van der Waals surface area (Å²) < 4.78 is 7.54. The van der Waals surface area contributed by atoms with E-state index in [-0.39, 0.29) is 12.5 Å². The van der Waals surface area contributed by atoms with Crippen LogP contribution in [0.4, 0.5) is 5.69 Å². The van der Waals surface area contributed by atoms with Crippen molar-refractivity contribution in [1.29, 1.82) is 0 Å². The van der Waals surface area contributed by atoms with Gasteiger partial charge in [0, 0.05) is 28.9 Å². The predicted octanol–water partition coefficient (Wildman–Crippen LogP) is 3.81. The molecule has 0 spiro atoms. The van der Waals surface area contributed by atoms with Gasteiger partial charge in [-0.1, -0.05) is 6.07 Å². The van der Waals surface area contributed by atoms with Crippen LogP contribution < -0.4 is 10.1 Å². The summed E-state index contributed by atoms with van der Waals surface area (Å²) in [5.41, 5.74) is 3.44. The molecule has 0 fully saturated rings. The number of H-pyrrole nitrogens is 1. The molecule has 136 valence electrons. The lowest BCUT2D eigenvalue weighted by Crippen LogP contribution is -2.20. The molecule has 0 saturated carbocycles. The van der Waals surface area contributed by atoms with E-state index in [1.54, 1.807) is 23.0 Å². The zero-order chi connectivity index (χ0) is 18.8. The second-order valence-corrected chi connectivity index (χ2v) is 6.32. The Morgan fingerprint density at radius 1 is 1.22 bits per heavy atom. The monoisotopic (exact) mass is 361 g/mol. The molecular weight excluding hydrogens is 342 g/mol. The van der Waals surface area contributed by atoms with Gasteiger partial charge in [-0.15, -0.1) is 0 Å². The van der Waals surface area contributed by atoms with Gasteiger partial charge < -0.3 is 15.0 Å². The molecule has 2 N–H and O–H groups in total. The summed E-state index contributed by atoms with van der Waals surface area (Å²) in [4.78, 5) is 19.6. The number of fused-ring (bicyclic) bond motifs is 1. The van der Waals surface area contributed by atoms with Crippen LogP contribution in [-0.4, -0.2) is 25.7 Å². The van der Waals surface area contributed by atoms with Crippen LogP contribution in [0.5, 0.6) is 11.6 Å². The number of rotatable bonds is 5. The lowest BCUT2D eigenvalue weighted by Gasteiger charge is -2.09. The van der Waals surface area contributed by atoms with Gasteiger partial charge in [0.25, 0.3) is 0 Å². The molecule has 0 bridgehead atoms. The van der Waals surface area contributed by atoms with E-state index in [4.69, 9.17) is 4.74 Å². The van der Waals surface area contributed by atoms with Crippen LogP contribution in [0.25, 0.3) is 10.9 Å². The second kappa shape index (κ2) is 6.95. The summed E-state index contributed by atoms with van der Waals surface area (Å²) in [6.45, 7) is 3.98. The lowest BCUT2D eigenvalue weighted by molar-refractivity contribution is -0.116. The van der Waals surface area contributed by atoms with Gasteiger partial charge in [0.15, 0.2) is 0 Å². The molecule has 7 nitrogen and oxygen atoms in total. The van der Waals surface area contributed by atoms with Gasteiger partial charge >= 0.3 is 0 Å². The molecule has 4 aromatic rings. The van der Waals surface area contributed by atoms with Crippen molar-refractivity contribution in [3.8, 4) is 11.6 Å². The average molecular weight is 361 g/mol. The molecule has 1 amide bonds. The first-order valence-corrected chi connectivity index (χ1v) is 8.59. The maximum Gasteiger partial charge on any atom is 0.246 e. The van der Waals surface area contributed by atoms with Crippen LogP contribution in [0.15, 0.2) is 54.9 Å². The third-order valence-corrected chi connectivity index (χ3v) is 4.19. The Hall–Kier alpha value is -3.61. The quantitative estimate of drug-likeness (QED) is 0.566. The largest absolute Gasteiger partial charge is 0.438 e. The smallest absolute Gasteiger partial charge is 0.246 e. The number of carbonyl (C=O) groups excluding carboxylic acids is 1. The maximum atomic E-state index is 12.2. The highest BCUT2D eigenvalue weighted by atomic mass is 16.5. The predicted molar refractivity (Wildman–Crippen MR) is 103 cm³/mol. The fourth-order valence-electron chi connectivity index (χ4n) is 2.94. The summed E-state index contributed by atoms with van der Waals surface area (Å²) in [5, 5.41) is 8.10. The van der Waals surface area contributed by atoms with E-state index in [9.17, 15) is 4.79 Å². The van der Waals surface area contributed by atoms with E-state index in [2.05, 4.69) is 20.4 Å². The average Bonchev–Trinajstić information content (AvgIpc) is 3.23. The lowest BCUT2D eigenvalue weighted by atomic mass is 10.2. The molecule has 4 rings (SSSR count). The van der Waals surface area contributed by atoms with Crippen LogP contribution in [0, 0.1) is 13.8 Å². The zero-order valence-corrected chi connectivity index (χ0v) is 15.1. The third kappa shape index (κ3) is 3.67. The number of carbonyl (C=O) groups is 1. The standard InChI is InChI=1S/C20H19N5O2/c1-13-10-14(2)25(24-13)12-19(26)23-15-6-7-20(22-11-15)27-18-5-3-4-17-16(18)8-9-21-17/h3-11,21H,12H2,1-2H3,(H,23,26). The van der Waals surface area contributed by atoms with Crippen molar-refractivity contribution in [2.45, 2.75) is 20.4 Å². The van der Waals surface area contributed by atoms with E-state index in [0.29, 0.717) is 11.6 Å². The fourth-order valence-corrected chi connectivity index (χ4v) is 2.94. The number of nitrogens with zero attached hydrogens (tertiary/aromatic N) is 3. The molecular formula is C20H19N5O2. The summed E-state index contributed by atoms with van der Waals surface area (Å²) in [7, 11) is 0. The van der Waals surface area contributed by atoms with Crippen molar-refractivity contribution in [3.05, 3.63) is 66.2 Å². The fraction of sp³-hybridized carbons (Fsp3) is 0.150. The maximum absolute atomic E-state index is 12.2. The van der Waals surface area contributed by atoms with Crippen molar-refractivity contribution < 1.29 is 9.53 Å². The van der Waals surface area contributed by atoms with Crippen LogP contribution in [0.3, 0.4) is 0 Å². The van der Waals surface area contributed by atoms with E-state index >= 15 is 0 Å². The summed E-state index contributed by atoms with van der Waals surface area (Å²) in [6, 6.07) is 13.2. The number of aryl methyl sites for hydroxylation is 2. The highest BCUT2D eigenvalue weighted by Gasteiger charge is 2.09. The number of amides is 1. The first-order chi connectivity index (χ1) is 13.1. The molecule has 3 heterocycles. The van der Waals surface area contributed by atoms with Crippen molar-refractivity contribution in [2.24, 2.45) is 0 Å². The SMILES string of the molecule is Cc1cc(C)n(CC(=O)Nc2ccc(Oc3cccc4[nH]ccc34)nc2)n1. The molecule has 0 saturated heterocycles. The number of ether oxygens (including phenoxy) is 1. The molecule has 27 heavy (non-hydrogen) atoms. The number of hydrogen-bond acceptors (Lipinski definition) is 4.